The highest BCUT2D eigenvalue weighted by atomic mass is 19.4. The SMILES string of the molecule is CCN(C1CCC(C(F)(F)F)CC1)C1CCCC1CN. The lowest BCUT2D eigenvalue weighted by molar-refractivity contribution is -0.185. The Hall–Kier alpha value is -0.290. The second kappa shape index (κ2) is 6.65. The predicted octanol–water partition coefficient (Wildman–Crippen LogP) is 3.56. The van der Waals surface area contributed by atoms with Crippen molar-refractivity contribution in [3.63, 3.8) is 0 Å². The fourth-order valence-electron chi connectivity index (χ4n) is 4.23. The zero-order valence-corrected chi connectivity index (χ0v) is 12.3. The molecule has 20 heavy (non-hydrogen) atoms. The number of hydrogen-bond donors (Lipinski definition) is 1. The quantitative estimate of drug-likeness (QED) is 0.858. The molecule has 2 aliphatic carbocycles. The van der Waals surface area contributed by atoms with Gasteiger partial charge in [-0.2, -0.15) is 13.2 Å². The van der Waals surface area contributed by atoms with E-state index in [0.29, 0.717) is 50.2 Å². The minimum atomic E-state index is -4.00. The fraction of sp³-hybridized carbons (Fsp3) is 1.00. The van der Waals surface area contributed by atoms with Gasteiger partial charge in [0.05, 0.1) is 5.92 Å². The highest BCUT2D eigenvalue weighted by molar-refractivity contribution is 4.91. The van der Waals surface area contributed by atoms with Crippen molar-refractivity contribution in [3.8, 4) is 0 Å². The van der Waals surface area contributed by atoms with Gasteiger partial charge in [0, 0.05) is 12.1 Å². The Labute approximate surface area is 119 Å². The van der Waals surface area contributed by atoms with Crippen molar-refractivity contribution in [2.75, 3.05) is 13.1 Å². The van der Waals surface area contributed by atoms with Crippen LogP contribution in [0.1, 0.15) is 51.9 Å². The van der Waals surface area contributed by atoms with Crippen LogP contribution in [0.2, 0.25) is 0 Å². The summed E-state index contributed by atoms with van der Waals surface area (Å²) in [4.78, 5) is 2.46. The molecule has 0 aliphatic heterocycles. The summed E-state index contributed by atoms with van der Waals surface area (Å²) in [5, 5.41) is 0. The van der Waals surface area contributed by atoms with Gasteiger partial charge in [-0.3, -0.25) is 4.90 Å². The minimum Gasteiger partial charge on any atom is -0.330 e. The Morgan fingerprint density at radius 3 is 2.20 bits per heavy atom. The summed E-state index contributed by atoms with van der Waals surface area (Å²) < 4.78 is 38.2. The molecule has 0 aromatic carbocycles. The third-order valence-electron chi connectivity index (χ3n) is 5.34. The maximum atomic E-state index is 12.7. The number of nitrogens with zero attached hydrogens (tertiary/aromatic N) is 1. The molecule has 2 saturated carbocycles. The van der Waals surface area contributed by atoms with Crippen molar-refractivity contribution in [2.45, 2.75) is 70.1 Å². The molecule has 0 spiro atoms. The molecule has 2 nitrogen and oxygen atoms in total. The molecule has 0 aromatic rings. The molecule has 5 heteroatoms. The average Bonchev–Trinajstić information content (AvgIpc) is 2.87. The van der Waals surface area contributed by atoms with Gasteiger partial charge < -0.3 is 5.73 Å². The number of hydrogen-bond acceptors (Lipinski definition) is 2. The Kier molecular flexibility index (Phi) is 5.35. The summed E-state index contributed by atoms with van der Waals surface area (Å²) in [6.45, 7) is 3.77. The summed E-state index contributed by atoms with van der Waals surface area (Å²) in [5.74, 6) is -0.540. The van der Waals surface area contributed by atoms with Crippen LogP contribution >= 0.6 is 0 Å². The normalized spacial score (nSPS) is 35.7. The molecule has 0 saturated heterocycles. The third kappa shape index (κ3) is 3.48. The second-order valence-electron chi connectivity index (χ2n) is 6.37. The van der Waals surface area contributed by atoms with Gasteiger partial charge in [-0.1, -0.05) is 13.3 Å². The number of halogens is 3. The lowest BCUT2D eigenvalue weighted by Crippen LogP contribution is -2.48. The van der Waals surface area contributed by atoms with Crippen LogP contribution in [0.15, 0.2) is 0 Å². The first-order valence-electron chi connectivity index (χ1n) is 7.99. The third-order valence-corrected chi connectivity index (χ3v) is 5.34. The maximum absolute atomic E-state index is 12.7. The van der Waals surface area contributed by atoms with E-state index in [2.05, 4.69) is 11.8 Å². The lowest BCUT2D eigenvalue weighted by atomic mass is 9.84. The van der Waals surface area contributed by atoms with Gasteiger partial charge in [-0.25, -0.2) is 0 Å². The van der Waals surface area contributed by atoms with Crippen molar-refractivity contribution in [3.05, 3.63) is 0 Å². The molecule has 0 bridgehead atoms. The van der Waals surface area contributed by atoms with Gasteiger partial charge in [0.2, 0.25) is 0 Å². The van der Waals surface area contributed by atoms with Crippen LogP contribution in [0, 0.1) is 11.8 Å². The van der Waals surface area contributed by atoms with Gasteiger partial charge in [0.15, 0.2) is 0 Å². The van der Waals surface area contributed by atoms with E-state index >= 15 is 0 Å². The topological polar surface area (TPSA) is 29.3 Å². The van der Waals surface area contributed by atoms with Crippen LogP contribution in [0.25, 0.3) is 0 Å². The standard InChI is InChI=1S/C15H27F3N2/c1-2-20(14-5-3-4-11(14)10-19)13-8-6-12(7-9-13)15(16,17)18/h11-14H,2-10,19H2,1H3. The van der Waals surface area contributed by atoms with E-state index in [4.69, 9.17) is 5.73 Å². The van der Waals surface area contributed by atoms with Crippen LogP contribution in [-0.2, 0) is 0 Å². The zero-order valence-electron chi connectivity index (χ0n) is 12.3. The van der Waals surface area contributed by atoms with Crippen LogP contribution < -0.4 is 5.73 Å². The van der Waals surface area contributed by atoms with Gasteiger partial charge in [0.25, 0.3) is 0 Å². The second-order valence-corrected chi connectivity index (χ2v) is 6.37. The molecular weight excluding hydrogens is 265 g/mol. The summed E-state index contributed by atoms with van der Waals surface area (Å²) >= 11 is 0. The summed E-state index contributed by atoms with van der Waals surface area (Å²) in [7, 11) is 0. The molecular formula is C15H27F3N2. The average molecular weight is 292 g/mol. The van der Waals surface area contributed by atoms with Crippen molar-refractivity contribution >= 4 is 0 Å². The molecule has 2 rings (SSSR count). The molecule has 2 N–H and O–H groups in total. The van der Waals surface area contributed by atoms with Gasteiger partial charge in [-0.05, 0) is 57.5 Å². The number of alkyl halides is 3. The van der Waals surface area contributed by atoms with Crippen LogP contribution in [-0.4, -0.2) is 36.2 Å². The van der Waals surface area contributed by atoms with Crippen LogP contribution in [0.5, 0.6) is 0 Å². The van der Waals surface area contributed by atoms with E-state index in [1.165, 1.54) is 12.8 Å². The monoisotopic (exact) mass is 292 g/mol. The predicted molar refractivity (Wildman–Crippen MR) is 74.4 cm³/mol. The lowest BCUT2D eigenvalue weighted by Gasteiger charge is -2.42. The highest BCUT2D eigenvalue weighted by Crippen LogP contribution is 2.40. The Balaban J connectivity index is 1.93. The molecule has 2 aliphatic rings. The maximum Gasteiger partial charge on any atom is 0.391 e. The largest absolute Gasteiger partial charge is 0.391 e. The van der Waals surface area contributed by atoms with Gasteiger partial charge >= 0.3 is 6.18 Å². The van der Waals surface area contributed by atoms with E-state index in [1.807, 2.05) is 0 Å². The van der Waals surface area contributed by atoms with E-state index in [-0.39, 0.29) is 0 Å². The van der Waals surface area contributed by atoms with Crippen LogP contribution in [0.3, 0.4) is 0 Å². The molecule has 0 aromatic heterocycles. The van der Waals surface area contributed by atoms with E-state index < -0.39 is 12.1 Å². The molecule has 0 amide bonds. The fourth-order valence-corrected chi connectivity index (χ4v) is 4.23. The molecule has 2 atom stereocenters. The summed E-state index contributed by atoms with van der Waals surface area (Å²) in [5.41, 5.74) is 5.85. The Bertz CT molecular complexity index is 298. The molecule has 2 unspecified atom stereocenters. The van der Waals surface area contributed by atoms with E-state index in [1.54, 1.807) is 0 Å². The van der Waals surface area contributed by atoms with E-state index in [9.17, 15) is 13.2 Å². The minimum absolute atomic E-state index is 0.296. The molecule has 0 heterocycles. The first-order valence-corrected chi connectivity index (χ1v) is 7.99. The van der Waals surface area contributed by atoms with Crippen molar-refractivity contribution in [2.24, 2.45) is 17.6 Å². The molecule has 118 valence electrons. The Morgan fingerprint density at radius 2 is 1.70 bits per heavy atom. The van der Waals surface area contributed by atoms with Gasteiger partial charge in [0.1, 0.15) is 0 Å². The Morgan fingerprint density at radius 1 is 1.05 bits per heavy atom. The highest BCUT2D eigenvalue weighted by Gasteiger charge is 2.43. The van der Waals surface area contributed by atoms with E-state index in [0.717, 1.165) is 13.0 Å². The summed E-state index contributed by atoms with van der Waals surface area (Å²) in [6, 6.07) is 0.827. The molecule has 0 radical (unpaired) electrons. The number of rotatable bonds is 4. The first kappa shape index (κ1) is 16.1. The number of nitrogens with two attached hydrogens (primary N) is 1. The van der Waals surface area contributed by atoms with Gasteiger partial charge in [-0.15, -0.1) is 0 Å². The van der Waals surface area contributed by atoms with Crippen LogP contribution in [0.4, 0.5) is 13.2 Å². The first-order chi connectivity index (χ1) is 9.47. The summed E-state index contributed by atoms with van der Waals surface area (Å²) in [6.07, 6.45) is 1.51. The van der Waals surface area contributed by atoms with Crippen molar-refractivity contribution < 1.29 is 13.2 Å². The smallest absolute Gasteiger partial charge is 0.330 e. The molecule has 2 fully saturated rings. The van der Waals surface area contributed by atoms with Crippen molar-refractivity contribution in [1.82, 2.24) is 4.90 Å². The van der Waals surface area contributed by atoms with Crippen molar-refractivity contribution in [1.29, 1.82) is 0 Å². The zero-order chi connectivity index (χ0) is 14.8.